The van der Waals surface area contributed by atoms with Gasteiger partial charge in [0.2, 0.25) is 0 Å². The quantitative estimate of drug-likeness (QED) is 0.289. The molecule has 0 heterocycles. The van der Waals surface area contributed by atoms with Crippen LogP contribution in [-0.4, -0.2) is 32.4 Å². The summed E-state index contributed by atoms with van der Waals surface area (Å²) in [6.07, 6.45) is 1.12. The van der Waals surface area contributed by atoms with Crippen molar-refractivity contribution >= 4 is 16.7 Å². The Labute approximate surface area is 164 Å². The molecule has 0 unspecified atom stereocenters. The molecule has 0 bridgehead atoms. The van der Waals surface area contributed by atoms with Gasteiger partial charge in [-0.25, -0.2) is 4.79 Å². The standard InChI is InChI=1S/C23H22O5/c1-2-23(24)27-15-13-25-12-14-26-21-10-8-19-17-22(11-9-18(19)16-21)28-20-6-4-3-5-7-20/h2-11,16-17H,1,12-15H2. The van der Waals surface area contributed by atoms with E-state index in [4.69, 9.17) is 18.9 Å². The molecule has 0 saturated carbocycles. The average molecular weight is 378 g/mol. The molecule has 0 aliphatic rings. The SMILES string of the molecule is C=CC(=O)OCCOCCOc1ccc2cc(Oc3ccccc3)ccc2c1. The van der Waals surface area contributed by atoms with Crippen LogP contribution in [0.2, 0.25) is 0 Å². The summed E-state index contributed by atoms with van der Waals surface area (Å²) in [5.74, 6) is 1.92. The molecule has 0 radical (unpaired) electrons. The first-order valence-corrected chi connectivity index (χ1v) is 9.01. The van der Waals surface area contributed by atoms with Gasteiger partial charge >= 0.3 is 5.97 Å². The van der Waals surface area contributed by atoms with E-state index in [9.17, 15) is 4.79 Å². The zero-order chi connectivity index (χ0) is 19.6. The van der Waals surface area contributed by atoms with Crippen LogP contribution in [0.5, 0.6) is 17.2 Å². The van der Waals surface area contributed by atoms with E-state index in [0.717, 1.165) is 34.1 Å². The topological polar surface area (TPSA) is 54.0 Å². The molecule has 0 amide bonds. The highest BCUT2D eigenvalue weighted by atomic mass is 16.6. The van der Waals surface area contributed by atoms with Gasteiger partial charge in [0.05, 0.1) is 13.2 Å². The van der Waals surface area contributed by atoms with E-state index in [2.05, 4.69) is 6.58 Å². The predicted octanol–water partition coefficient (Wildman–Crippen LogP) is 4.76. The molecule has 3 rings (SSSR count). The number of rotatable bonds is 10. The van der Waals surface area contributed by atoms with Crippen molar-refractivity contribution in [3.63, 3.8) is 0 Å². The van der Waals surface area contributed by atoms with Crippen LogP contribution in [0.3, 0.4) is 0 Å². The Balaban J connectivity index is 1.47. The maximum Gasteiger partial charge on any atom is 0.330 e. The first-order chi connectivity index (χ1) is 13.7. The summed E-state index contributed by atoms with van der Waals surface area (Å²) < 4.78 is 21.7. The lowest BCUT2D eigenvalue weighted by Crippen LogP contribution is -2.12. The fourth-order valence-corrected chi connectivity index (χ4v) is 2.56. The lowest BCUT2D eigenvalue weighted by molar-refractivity contribution is -0.139. The number of hydrogen-bond acceptors (Lipinski definition) is 5. The van der Waals surface area contributed by atoms with E-state index in [1.807, 2.05) is 66.7 Å². The molecule has 5 nitrogen and oxygen atoms in total. The van der Waals surface area contributed by atoms with Gasteiger partial charge in [-0.2, -0.15) is 0 Å². The lowest BCUT2D eigenvalue weighted by Gasteiger charge is -2.10. The third-order valence-electron chi connectivity index (χ3n) is 3.90. The zero-order valence-corrected chi connectivity index (χ0v) is 15.5. The van der Waals surface area contributed by atoms with E-state index in [0.29, 0.717) is 19.8 Å². The van der Waals surface area contributed by atoms with E-state index in [1.165, 1.54) is 0 Å². The third-order valence-corrected chi connectivity index (χ3v) is 3.90. The molecule has 0 aromatic heterocycles. The number of para-hydroxylation sites is 1. The molecule has 0 fully saturated rings. The highest BCUT2D eigenvalue weighted by molar-refractivity contribution is 5.85. The molecule has 0 N–H and O–H groups in total. The Morgan fingerprint density at radius 2 is 1.46 bits per heavy atom. The smallest absolute Gasteiger partial charge is 0.330 e. The highest BCUT2D eigenvalue weighted by Crippen LogP contribution is 2.27. The highest BCUT2D eigenvalue weighted by Gasteiger charge is 2.02. The van der Waals surface area contributed by atoms with Crippen LogP contribution in [0.15, 0.2) is 79.4 Å². The molecule has 0 spiro atoms. The Kier molecular flexibility index (Phi) is 7.04. The minimum atomic E-state index is -0.451. The number of benzene rings is 3. The average Bonchev–Trinajstić information content (AvgIpc) is 2.73. The van der Waals surface area contributed by atoms with Crippen LogP contribution in [0.1, 0.15) is 0 Å². The first kappa shape index (κ1) is 19.5. The maximum absolute atomic E-state index is 10.9. The van der Waals surface area contributed by atoms with Gasteiger partial charge in [-0.15, -0.1) is 0 Å². The van der Waals surface area contributed by atoms with Gasteiger partial charge in [-0.05, 0) is 47.2 Å². The molecular weight excluding hydrogens is 356 g/mol. The maximum atomic E-state index is 10.9. The van der Waals surface area contributed by atoms with Crippen LogP contribution in [0.4, 0.5) is 0 Å². The summed E-state index contributed by atoms with van der Waals surface area (Å²) in [6, 6.07) is 21.5. The van der Waals surface area contributed by atoms with Crippen molar-refractivity contribution in [1.82, 2.24) is 0 Å². The van der Waals surface area contributed by atoms with Crippen molar-refractivity contribution in [1.29, 1.82) is 0 Å². The van der Waals surface area contributed by atoms with Crippen LogP contribution >= 0.6 is 0 Å². The van der Waals surface area contributed by atoms with Crippen molar-refractivity contribution in [2.75, 3.05) is 26.4 Å². The number of carbonyl (C=O) groups is 1. The minimum Gasteiger partial charge on any atom is -0.491 e. The Hall–Kier alpha value is -3.31. The lowest BCUT2D eigenvalue weighted by atomic mass is 10.1. The van der Waals surface area contributed by atoms with Gasteiger partial charge in [0, 0.05) is 6.08 Å². The van der Waals surface area contributed by atoms with Crippen LogP contribution in [-0.2, 0) is 14.3 Å². The third kappa shape index (κ3) is 5.86. The molecule has 5 heteroatoms. The van der Waals surface area contributed by atoms with Gasteiger partial charge in [0.25, 0.3) is 0 Å². The van der Waals surface area contributed by atoms with Gasteiger partial charge in [-0.3, -0.25) is 0 Å². The first-order valence-electron chi connectivity index (χ1n) is 9.01. The summed E-state index contributed by atoms with van der Waals surface area (Å²) >= 11 is 0. The summed E-state index contributed by atoms with van der Waals surface area (Å²) in [5, 5.41) is 2.14. The second-order valence-corrected chi connectivity index (χ2v) is 5.92. The molecular formula is C23H22O5. The summed E-state index contributed by atoms with van der Waals surface area (Å²) in [6.45, 7) is 4.68. The van der Waals surface area contributed by atoms with E-state index >= 15 is 0 Å². The Morgan fingerprint density at radius 1 is 0.786 bits per heavy atom. The predicted molar refractivity (Wildman–Crippen MR) is 108 cm³/mol. The van der Waals surface area contributed by atoms with E-state index in [-0.39, 0.29) is 6.61 Å². The van der Waals surface area contributed by atoms with Gasteiger partial charge in [-0.1, -0.05) is 36.9 Å². The largest absolute Gasteiger partial charge is 0.491 e. The second-order valence-electron chi connectivity index (χ2n) is 5.92. The fourth-order valence-electron chi connectivity index (χ4n) is 2.56. The van der Waals surface area contributed by atoms with Crippen molar-refractivity contribution in [2.24, 2.45) is 0 Å². The zero-order valence-electron chi connectivity index (χ0n) is 15.5. The van der Waals surface area contributed by atoms with Crippen molar-refractivity contribution in [3.8, 4) is 17.2 Å². The van der Waals surface area contributed by atoms with E-state index in [1.54, 1.807) is 0 Å². The van der Waals surface area contributed by atoms with Crippen molar-refractivity contribution in [2.45, 2.75) is 0 Å². The monoisotopic (exact) mass is 378 g/mol. The molecule has 0 aliphatic carbocycles. The molecule has 3 aromatic rings. The van der Waals surface area contributed by atoms with Crippen LogP contribution in [0, 0.1) is 0 Å². The molecule has 0 aliphatic heterocycles. The van der Waals surface area contributed by atoms with E-state index < -0.39 is 5.97 Å². The Bertz CT molecular complexity index is 921. The minimum absolute atomic E-state index is 0.203. The van der Waals surface area contributed by atoms with Gasteiger partial charge in [0.15, 0.2) is 0 Å². The summed E-state index contributed by atoms with van der Waals surface area (Å²) in [4.78, 5) is 10.9. The van der Waals surface area contributed by atoms with Crippen LogP contribution in [0.25, 0.3) is 10.8 Å². The molecule has 28 heavy (non-hydrogen) atoms. The number of ether oxygens (including phenoxy) is 4. The Morgan fingerprint density at radius 3 is 2.21 bits per heavy atom. The number of fused-ring (bicyclic) bond motifs is 1. The fraction of sp³-hybridized carbons (Fsp3) is 0.174. The van der Waals surface area contributed by atoms with Gasteiger partial charge in [0.1, 0.15) is 30.5 Å². The van der Waals surface area contributed by atoms with Gasteiger partial charge < -0.3 is 18.9 Å². The summed E-state index contributed by atoms with van der Waals surface area (Å²) in [5.41, 5.74) is 0. The normalized spacial score (nSPS) is 10.4. The number of hydrogen-bond donors (Lipinski definition) is 0. The second kappa shape index (κ2) is 10.1. The number of carbonyl (C=O) groups excluding carboxylic acids is 1. The molecule has 0 atom stereocenters. The van der Waals surface area contributed by atoms with Crippen molar-refractivity contribution < 1.29 is 23.7 Å². The number of esters is 1. The molecule has 3 aromatic carbocycles. The summed E-state index contributed by atoms with van der Waals surface area (Å²) in [7, 11) is 0. The molecule has 144 valence electrons. The van der Waals surface area contributed by atoms with Crippen molar-refractivity contribution in [3.05, 3.63) is 79.4 Å². The van der Waals surface area contributed by atoms with Crippen LogP contribution < -0.4 is 9.47 Å². The molecule has 0 saturated heterocycles.